The summed E-state index contributed by atoms with van der Waals surface area (Å²) in [6.07, 6.45) is 0. The Balaban J connectivity index is 1.72. The fraction of sp³-hybridized carbons (Fsp3) is 0.375. The van der Waals surface area contributed by atoms with Crippen molar-refractivity contribution in [2.75, 3.05) is 30.3 Å². The molecule has 3 N–H and O–H groups in total. The number of aryl methyl sites for hydroxylation is 1. The molecular weight excluding hydrogens is 314 g/mol. The van der Waals surface area contributed by atoms with Crippen LogP contribution < -0.4 is 10.6 Å². The maximum Gasteiger partial charge on any atom is 0.273 e. The largest absolute Gasteiger partial charge is 0.381 e. The van der Waals surface area contributed by atoms with Gasteiger partial charge in [-0.05, 0) is 26.0 Å². The highest BCUT2D eigenvalue weighted by Gasteiger charge is 2.30. The van der Waals surface area contributed by atoms with Crippen molar-refractivity contribution in [3.8, 4) is 0 Å². The van der Waals surface area contributed by atoms with Crippen molar-refractivity contribution in [3.05, 3.63) is 40.5 Å². The molecule has 1 saturated heterocycles. The summed E-state index contributed by atoms with van der Waals surface area (Å²) in [6, 6.07) is 8.51. The standard InChI is InChI=1S/C16H20ClN5O/c1-10-3-5-12(6-4-10)21-7-8-22(11(2)9-21)16(23)14-13(17)15(18)20-19-14/h3-6,11H,7-9H2,1-2H3,(H3,18,19,20). The first kappa shape index (κ1) is 15.7. The van der Waals surface area contributed by atoms with E-state index in [1.807, 2.05) is 11.8 Å². The lowest BCUT2D eigenvalue weighted by Gasteiger charge is -2.40. The predicted octanol–water partition coefficient (Wildman–Crippen LogP) is 2.30. The number of hydrogen-bond acceptors (Lipinski definition) is 4. The van der Waals surface area contributed by atoms with Gasteiger partial charge in [-0.1, -0.05) is 29.3 Å². The third-order valence-corrected chi connectivity index (χ3v) is 4.62. The van der Waals surface area contributed by atoms with Gasteiger partial charge in [0, 0.05) is 31.4 Å². The molecule has 1 aromatic heterocycles. The summed E-state index contributed by atoms with van der Waals surface area (Å²) in [4.78, 5) is 16.7. The second-order valence-electron chi connectivity index (χ2n) is 5.93. The summed E-state index contributed by atoms with van der Waals surface area (Å²) < 4.78 is 0. The van der Waals surface area contributed by atoms with Crippen molar-refractivity contribution in [3.63, 3.8) is 0 Å². The summed E-state index contributed by atoms with van der Waals surface area (Å²) in [6.45, 7) is 6.29. The lowest BCUT2D eigenvalue weighted by atomic mass is 10.1. The van der Waals surface area contributed by atoms with Gasteiger partial charge >= 0.3 is 0 Å². The molecule has 122 valence electrons. The number of nitrogen functional groups attached to an aromatic ring is 1. The van der Waals surface area contributed by atoms with Crippen LogP contribution >= 0.6 is 11.6 Å². The number of halogens is 1. The predicted molar refractivity (Wildman–Crippen MR) is 91.9 cm³/mol. The molecule has 1 amide bonds. The molecular formula is C16H20ClN5O. The van der Waals surface area contributed by atoms with Crippen LogP contribution in [0.4, 0.5) is 11.5 Å². The molecule has 1 aliphatic heterocycles. The summed E-state index contributed by atoms with van der Waals surface area (Å²) in [5, 5.41) is 6.62. The normalized spacial score (nSPS) is 18.3. The molecule has 1 fully saturated rings. The van der Waals surface area contributed by atoms with Crippen molar-refractivity contribution in [1.29, 1.82) is 0 Å². The van der Waals surface area contributed by atoms with Gasteiger partial charge in [0.1, 0.15) is 10.7 Å². The van der Waals surface area contributed by atoms with Crippen molar-refractivity contribution in [2.24, 2.45) is 0 Å². The maximum absolute atomic E-state index is 12.6. The van der Waals surface area contributed by atoms with Crippen LogP contribution in [0.1, 0.15) is 23.0 Å². The van der Waals surface area contributed by atoms with E-state index in [2.05, 4.69) is 46.3 Å². The first-order valence-corrected chi connectivity index (χ1v) is 7.97. The fourth-order valence-electron chi connectivity index (χ4n) is 2.88. The van der Waals surface area contributed by atoms with Gasteiger partial charge in [0.05, 0.1) is 0 Å². The summed E-state index contributed by atoms with van der Waals surface area (Å²) in [5.74, 6) is -0.00350. The molecule has 0 radical (unpaired) electrons. The van der Waals surface area contributed by atoms with Crippen LogP contribution in [0.2, 0.25) is 5.02 Å². The first-order chi connectivity index (χ1) is 11.0. The van der Waals surface area contributed by atoms with E-state index >= 15 is 0 Å². The average Bonchev–Trinajstić information content (AvgIpc) is 2.87. The van der Waals surface area contributed by atoms with Crippen LogP contribution in [0, 0.1) is 6.92 Å². The molecule has 0 bridgehead atoms. The second kappa shape index (κ2) is 6.12. The van der Waals surface area contributed by atoms with Crippen molar-refractivity contribution >= 4 is 29.0 Å². The van der Waals surface area contributed by atoms with Crippen LogP contribution in [-0.4, -0.2) is 46.7 Å². The molecule has 1 unspecified atom stereocenters. The molecule has 1 aromatic carbocycles. The molecule has 2 aromatic rings. The summed E-state index contributed by atoms with van der Waals surface area (Å²) >= 11 is 6.03. The number of carbonyl (C=O) groups is 1. The molecule has 7 heteroatoms. The number of amides is 1. The number of aromatic amines is 1. The second-order valence-corrected chi connectivity index (χ2v) is 6.30. The highest BCUT2D eigenvalue weighted by Crippen LogP contribution is 2.25. The number of benzene rings is 1. The molecule has 2 heterocycles. The van der Waals surface area contributed by atoms with Gasteiger partial charge in [-0.2, -0.15) is 5.10 Å². The van der Waals surface area contributed by atoms with Crippen LogP contribution in [0.5, 0.6) is 0 Å². The summed E-state index contributed by atoms with van der Waals surface area (Å²) in [7, 11) is 0. The van der Waals surface area contributed by atoms with Crippen LogP contribution in [0.15, 0.2) is 24.3 Å². The number of aromatic nitrogens is 2. The van der Waals surface area contributed by atoms with Crippen LogP contribution in [0.25, 0.3) is 0 Å². The van der Waals surface area contributed by atoms with E-state index in [1.54, 1.807) is 0 Å². The Morgan fingerprint density at radius 1 is 1.35 bits per heavy atom. The van der Waals surface area contributed by atoms with E-state index < -0.39 is 0 Å². The number of anilines is 2. The number of hydrogen-bond donors (Lipinski definition) is 2. The topological polar surface area (TPSA) is 78.2 Å². The zero-order valence-corrected chi connectivity index (χ0v) is 14.0. The lowest BCUT2D eigenvalue weighted by Crippen LogP contribution is -2.54. The Morgan fingerprint density at radius 2 is 2.04 bits per heavy atom. The number of rotatable bonds is 2. The van der Waals surface area contributed by atoms with E-state index in [0.717, 1.165) is 13.1 Å². The van der Waals surface area contributed by atoms with E-state index in [1.165, 1.54) is 11.3 Å². The third kappa shape index (κ3) is 2.99. The van der Waals surface area contributed by atoms with Crippen LogP contribution in [-0.2, 0) is 0 Å². The van der Waals surface area contributed by atoms with E-state index in [0.29, 0.717) is 6.54 Å². The minimum atomic E-state index is -0.157. The summed E-state index contributed by atoms with van der Waals surface area (Å²) in [5.41, 5.74) is 8.28. The quantitative estimate of drug-likeness (QED) is 0.884. The molecule has 0 aliphatic carbocycles. The van der Waals surface area contributed by atoms with E-state index in [9.17, 15) is 4.79 Å². The fourth-order valence-corrected chi connectivity index (χ4v) is 3.04. The Hall–Kier alpha value is -2.21. The zero-order valence-electron chi connectivity index (χ0n) is 13.2. The molecule has 6 nitrogen and oxygen atoms in total. The van der Waals surface area contributed by atoms with Crippen molar-refractivity contribution in [2.45, 2.75) is 19.9 Å². The van der Waals surface area contributed by atoms with Gasteiger partial charge in [0.2, 0.25) is 0 Å². The first-order valence-electron chi connectivity index (χ1n) is 7.59. The van der Waals surface area contributed by atoms with E-state index in [-0.39, 0.29) is 28.5 Å². The molecule has 0 spiro atoms. The number of nitrogens with one attached hydrogen (secondary N) is 1. The Bertz CT molecular complexity index is 712. The van der Waals surface area contributed by atoms with Gasteiger partial charge in [0.25, 0.3) is 5.91 Å². The smallest absolute Gasteiger partial charge is 0.273 e. The van der Waals surface area contributed by atoms with Gasteiger partial charge in [-0.15, -0.1) is 0 Å². The minimum Gasteiger partial charge on any atom is -0.381 e. The molecule has 3 rings (SSSR count). The number of H-pyrrole nitrogens is 1. The number of carbonyl (C=O) groups excluding carboxylic acids is 1. The SMILES string of the molecule is Cc1ccc(N2CCN(C(=O)c3[nH]nc(N)c3Cl)C(C)C2)cc1. The highest BCUT2D eigenvalue weighted by atomic mass is 35.5. The van der Waals surface area contributed by atoms with Crippen molar-refractivity contribution in [1.82, 2.24) is 15.1 Å². The van der Waals surface area contributed by atoms with Gasteiger partial charge in [-0.25, -0.2) is 0 Å². The molecule has 1 aliphatic rings. The van der Waals surface area contributed by atoms with Gasteiger partial charge < -0.3 is 15.5 Å². The van der Waals surface area contributed by atoms with Gasteiger partial charge in [-0.3, -0.25) is 9.89 Å². The monoisotopic (exact) mass is 333 g/mol. The number of nitrogens with two attached hydrogens (primary N) is 1. The molecule has 1 atom stereocenters. The minimum absolute atomic E-state index is 0.0677. The number of nitrogens with zero attached hydrogens (tertiary/aromatic N) is 3. The molecule has 0 saturated carbocycles. The average molecular weight is 334 g/mol. The molecule has 23 heavy (non-hydrogen) atoms. The van der Waals surface area contributed by atoms with E-state index in [4.69, 9.17) is 17.3 Å². The third-order valence-electron chi connectivity index (χ3n) is 4.23. The Morgan fingerprint density at radius 3 is 2.61 bits per heavy atom. The Labute approximate surface area is 140 Å². The van der Waals surface area contributed by atoms with Crippen molar-refractivity contribution < 1.29 is 4.79 Å². The number of piperazine rings is 1. The van der Waals surface area contributed by atoms with Crippen LogP contribution in [0.3, 0.4) is 0 Å². The lowest BCUT2D eigenvalue weighted by molar-refractivity contribution is 0.0668. The Kier molecular flexibility index (Phi) is 4.17. The maximum atomic E-state index is 12.6. The van der Waals surface area contributed by atoms with Gasteiger partial charge in [0.15, 0.2) is 5.82 Å². The zero-order chi connectivity index (χ0) is 16.6. The highest BCUT2D eigenvalue weighted by molar-refractivity contribution is 6.35.